The molecule has 0 spiro atoms. The first kappa shape index (κ1) is 15.0. The third-order valence-electron chi connectivity index (χ3n) is 4.24. The Labute approximate surface area is 121 Å². The number of methoxy groups -OCH3 is 1. The van der Waals surface area contributed by atoms with Crippen molar-refractivity contribution in [3.05, 3.63) is 34.9 Å². The second-order valence-electron chi connectivity index (χ2n) is 5.50. The van der Waals surface area contributed by atoms with Crippen LogP contribution in [0.1, 0.15) is 29.5 Å². The highest BCUT2D eigenvalue weighted by molar-refractivity contribution is 5.37. The highest BCUT2D eigenvalue weighted by Gasteiger charge is 2.27. The van der Waals surface area contributed by atoms with E-state index in [2.05, 4.69) is 24.0 Å². The maximum atomic E-state index is 8.92. The summed E-state index contributed by atoms with van der Waals surface area (Å²) in [7, 11) is 1.78. The molecule has 0 bridgehead atoms. The van der Waals surface area contributed by atoms with Crippen molar-refractivity contribution in [2.75, 3.05) is 20.2 Å². The molecule has 4 heteroatoms. The van der Waals surface area contributed by atoms with Gasteiger partial charge < -0.3 is 10.5 Å². The van der Waals surface area contributed by atoms with Gasteiger partial charge in [-0.3, -0.25) is 4.90 Å². The zero-order valence-electron chi connectivity index (χ0n) is 12.3. The minimum atomic E-state index is 0.335. The summed E-state index contributed by atoms with van der Waals surface area (Å²) in [6.45, 7) is 4.64. The number of hydrogen-bond donors (Lipinski definition) is 1. The minimum absolute atomic E-state index is 0.335. The van der Waals surface area contributed by atoms with Crippen LogP contribution in [0.25, 0.3) is 0 Å². The SMILES string of the molecule is COC1CCN(Cc2ccc(C#N)cc2C)C(CN)C1. The molecule has 1 heterocycles. The molecule has 1 aliphatic heterocycles. The van der Waals surface area contributed by atoms with Crippen molar-refractivity contribution in [1.29, 1.82) is 5.26 Å². The molecule has 0 amide bonds. The first-order valence-electron chi connectivity index (χ1n) is 7.14. The monoisotopic (exact) mass is 273 g/mol. The Morgan fingerprint density at radius 1 is 1.50 bits per heavy atom. The summed E-state index contributed by atoms with van der Waals surface area (Å²) < 4.78 is 5.46. The highest BCUT2D eigenvalue weighted by Crippen LogP contribution is 2.22. The summed E-state index contributed by atoms with van der Waals surface area (Å²) in [4.78, 5) is 2.43. The van der Waals surface area contributed by atoms with Gasteiger partial charge in [0, 0.05) is 32.8 Å². The molecule has 108 valence electrons. The maximum absolute atomic E-state index is 8.92. The lowest BCUT2D eigenvalue weighted by Crippen LogP contribution is -2.48. The lowest BCUT2D eigenvalue weighted by atomic mass is 9.97. The number of nitriles is 1. The average Bonchev–Trinajstić information content (AvgIpc) is 2.49. The second kappa shape index (κ2) is 6.85. The van der Waals surface area contributed by atoms with Gasteiger partial charge in [-0.15, -0.1) is 0 Å². The fourth-order valence-electron chi connectivity index (χ4n) is 2.89. The number of aryl methyl sites for hydroxylation is 1. The summed E-state index contributed by atoms with van der Waals surface area (Å²) >= 11 is 0. The Balaban J connectivity index is 2.07. The molecular weight excluding hydrogens is 250 g/mol. The van der Waals surface area contributed by atoms with Crippen molar-refractivity contribution in [2.24, 2.45) is 5.73 Å². The third kappa shape index (κ3) is 3.37. The Morgan fingerprint density at radius 2 is 2.30 bits per heavy atom. The molecule has 0 aromatic heterocycles. The van der Waals surface area contributed by atoms with Crippen molar-refractivity contribution in [1.82, 2.24) is 4.90 Å². The van der Waals surface area contributed by atoms with Crippen molar-refractivity contribution in [3.63, 3.8) is 0 Å². The van der Waals surface area contributed by atoms with E-state index in [4.69, 9.17) is 15.7 Å². The number of ether oxygens (including phenoxy) is 1. The number of hydrogen-bond acceptors (Lipinski definition) is 4. The van der Waals surface area contributed by atoms with Crippen molar-refractivity contribution < 1.29 is 4.74 Å². The summed E-state index contributed by atoms with van der Waals surface area (Å²) in [6.07, 6.45) is 2.40. The molecule has 2 N–H and O–H groups in total. The standard InChI is InChI=1S/C16H23N3O/c1-12-7-13(9-17)3-4-14(12)11-19-6-5-16(20-2)8-15(19)10-18/h3-4,7,15-16H,5-6,8,10-11,18H2,1-2H3. The lowest BCUT2D eigenvalue weighted by Gasteiger charge is -2.38. The Morgan fingerprint density at radius 3 is 2.90 bits per heavy atom. The molecule has 0 aliphatic carbocycles. The van der Waals surface area contributed by atoms with Crippen molar-refractivity contribution in [3.8, 4) is 6.07 Å². The normalized spacial score (nSPS) is 23.5. The Kier molecular flexibility index (Phi) is 5.13. The summed E-state index contributed by atoms with van der Waals surface area (Å²) in [6, 6.07) is 8.46. The minimum Gasteiger partial charge on any atom is -0.381 e. The number of nitrogens with zero attached hydrogens (tertiary/aromatic N) is 2. The van der Waals surface area contributed by atoms with Gasteiger partial charge >= 0.3 is 0 Å². The van der Waals surface area contributed by atoms with Gasteiger partial charge in [0.15, 0.2) is 0 Å². The number of benzene rings is 1. The molecule has 1 aliphatic rings. The molecule has 2 rings (SSSR count). The van der Waals surface area contributed by atoms with Crippen LogP contribution in [0.15, 0.2) is 18.2 Å². The number of rotatable bonds is 4. The first-order valence-corrected chi connectivity index (χ1v) is 7.14. The molecule has 2 atom stereocenters. The van der Waals surface area contributed by atoms with Gasteiger partial charge in [-0.25, -0.2) is 0 Å². The van der Waals surface area contributed by atoms with Crippen LogP contribution in [0.2, 0.25) is 0 Å². The molecule has 1 aromatic rings. The van der Waals surface area contributed by atoms with Crippen LogP contribution in [-0.2, 0) is 11.3 Å². The van der Waals surface area contributed by atoms with Crippen LogP contribution in [0.4, 0.5) is 0 Å². The fourth-order valence-corrected chi connectivity index (χ4v) is 2.89. The van der Waals surface area contributed by atoms with E-state index in [-0.39, 0.29) is 0 Å². The molecule has 4 nitrogen and oxygen atoms in total. The zero-order chi connectivity index (χ0) is 14.5. The topological polar surface area (TPSA) is 62.3 Å². The van der Waals surface area contributed by atoms with Gasteiger partial charge in [0.25, 0.3) is 0 Å². The predicted molar refractivity (Wildman–Crippen MR) is 79.2 cm³/mol. The van der Waals surface area contributed by atoms with Crippen LogP contribution in [0, 0.1) is 18.3 Å². The number of piperidine rings is 1. The predicted octanol–water partition coefficient (Wildman–Crippen LogP) is 1.80. The van der Waals surface area contributed by atoms with E-state index in [0.29, 0.717) is 18.7 Å². The zero-order valence-corrected chi connectivity index (χ0v) is 12.3. The van der Waals surface area contributed by atoms with E-state index in [1.807, 2.05) is 12.1 Å². The van der Waals surface area contributed by atoms with Gasteiger partial charge in [0.2, 0.25) is 0 Å². The van der Waals surface area contributed by atoms with Gasteiger partial charge in [-0.2, -0.15) is 5.26 Å². The van der Waals surface area contributed by atoms with Crippen LogP contribution in [0.3, 0.4) is 0 Å². The number of nitrogens with two attached hydrogens (primary N) is 1. The third-order valence-corrected chi connectivity index (χ3v) is 4.24. The van der Waals surface area contributed by atoms with Crippen molar-refractivity contribution >= 4 is 0 Å². The number of likely N-dealkylation sites (tertiary alicyclic amines) is 1. The van der Waals surface area contributed by atoms with E-state index >= 15 is 0 Å². The van der Waals surface area contributed by atoms with Gasteiger partial charge in [-0.1, -0.05) is 6.07 Å². The Bertz CT molecular complexity index is 495. The molecule has 20 heavy (non-hydrogen) atoms. The molecule has 0 radical (unpaired) electrons. The second-order valence-corrected chi connectivity index (χ2v) is 5.50. The van der Waals surface area contributed by atoms with Gasteiger partial charge in [0.05, 0.1) is 17.7 Å². The molecule has 2 unspecified atom stereocenters. The Hall–Kier alpha value is -1.41. The maximum Gasteiger partial charge on any atom is 0.0991 e. The van der Waals surface area contributed by atoms with Crippen LogP contribution in [0.5, 0.6) is 0 Å². The fraction of sp³-hybridized carbons (Fsp3) is 0.562. The van der Waals surface area contributed by atoms with E-state index in [9.17, 15) is 0 Å². The lowest BCUT2D eigenvalue weighted by molar-refractivity contribution is 0.0102. The largest absolute Gasteiger partial charge is 0.381 e. The summed E-state index contributed by atoms with van der Waals surface area (Å²) in [5.74, 6) is 0. The summed E-state index contributed by atoms with van der Waals surface area (Å²) in [5, 5.41) is 8.92. The molecule has 0 saturated carbocycles. The molecule has 1 saturated heterocycles. The molecule has 1 aromatic carbocycles. The molecule has 1 fully saturated rings. The van der Waals surface area contributed by atoms with Gasteiger partial charge in [0.1, 0.15) is 0 Å². The van der Waals surface area contributed by atoms with Crippen LogP contribution < -0.4 is 5.73 Å². The van der Waals surface area contributed by atoms with Crippen LogP contribution in [-0.4, -0.2) is 37.2 Å². The highest BCUT2D eigenvalue weighted by atomic mass is 16.5. The summed E-state index contributed by atoms with van der Waals surface area (Å²) in [5.41, 5.74) is 9.08. The first-order chi connectivity index (χ1) is 9.67. The van der Waals surface area contributed by atoms with Crippen molar-refractivity contribution in [2.45, 2.75) is 38.5 Å². The quantitative estimate of drug-likeness (QED) is 0.908. The van der Waals surface area contributed by atoms with E-state index < -0.39 is 0 Å². The molecular formula is C16H23N3O. The average molecular weight is 273 g/mol. The van der Waals surface area contributed by atoms with Crippen LogP contribution >= 0.6 is 0 Å². The van der Waals surface area contributed by atoms with E-state index in [0.717, 1.165) is 31.5 Å². The van der Waals surface area contributed by atoms with E-state index in [1.54, 1.807) is 7.11 Å². The van der Waals surface area contributed by atoms with Gasteiger partial charge in [-0.05, 0) is 43.0 Å². The van der Waals surface area contributed by atoms with E-state index in [1.165, 1.54) is 11.1 Å². The smallest absolute Gasteiger partial charge is 0.0991 e.